The summed E-state index contributed by atoms with van der Waals surface area (Å²) in [5.41, 5.74) is 1.65. The Hall–Kier alpha value is -3.10. The smallest absolute Gasteiger partial charge is 0.255 e. The van der Waals surface area contributed by atoms with Gasteiger partial charge in [-0.05, 0) is 31.0 Å². The number of amides is 1. The third kappa shape index (κ3) is 4.67. The van der Waals surface area contributed by atoms with Crippen LogP contribution in [0.5, 0.6) is 5.75 Å². The van der Waals surface area contributed by atoms with E-state index < -0.39 is 11.4 Å². The van der Waals surface area contributed by atoms with Crippen molar-refractivity contribution in [2.24, 2.45) is 0 Å². The molecule has 2 saturated heterocycles. The Labute approximate surface area is 195 Å². The average Bonchev–Trinajstić information content (AvgIpc) is 3.22. The first-order chi connectivity index (χ1) is 16.0. The van der Waals surface area contributed by atoms with Gasteiger partial charge >= 0.3 is 0 Å². The molecule has 0 N–H and O–H groups in total. The Morgan fingerprint density at radius 3 is 2.79 bits per heavy atom. The van der Waals surface area contributed by atoms with Crippen LogP contribution in [-0.4, -0.2) is 57.2 Å². The fraction of sp³-hybridized carbons (Fsp3) is 0.333. The Morgan fingerprint density at radius 2 is 1.97 bits per heavy atom. The monoisotopic (exact) mass is 468 g/mol. The highest BCUT2D eigenvalue weighted by Gasteiger charge is 2.45. The first kappa shape index (κ1) is 21.7. The van der Waals surface area contributed by atoms with Gasteiger partial charge in [-0.25, -0.2) is 14.4 Å². The van der Waals surface area contributed by atoms with Gasteiger partial charge in [-0.1, -0.05) is 11.6 Å². The van der Waals surface area contributed by atoms with Crippen molar-refractivity contribution in [3.05, 3.63) is 71.8 Å². The molecular formula is C24H22ClFN4O3. The quantitative estimate of drug-likeness (QED) is 0.572. The summed E-state index contributed by atoms with van der Waals surface area (Å²) in [6.07, 6.45) is 10.2. The summed E-state index contributed by atoms with van der Waals surface area (Å²) in [6, 6.07) is 6.12. The first-order valence-electron chi connectivity index (χ1n) is 10.8. The molecule has 0 bridgehead atoms. The number of aromatic nitrogens is 3. The molecule has 2 atom stereocenters. The van der Waals surface area contributed by atoms with E-state index >= 15 is 0 Å². The second kappa shape index (κ2) is 9.03. The van der Waals surface area contributed by atoms with E-state index in [1.54, 1.807) is 30.9 Å². The Morgan fingerprint density at radius 1 is 1.15 bits per heavy atom. The summed E-state index contributed by atoms with van der Waals surface area (Å²) >= 11 is 5.86. The van der Waals surface area contributed by atoms with E-state index in [2.05, 4.69) is 15.0 Å². The molecule has 1 spiro atoms. The van der Waals surface area contributed by atoms with Gasteiger partial charge in [-0.2, -0.15) is 0 Å². The van der Waals surface area contributed by atoms with Crippen LogP contribution in [0.15, 0.2) is 55.4 Å². The number of hydrogen-bond donors (Lipinski definition) is 0. The molecule has 0 unspecified atom stereocenters. The van der Waals surface area contributed by atoms with Crippen molar-refractivity contribution in [3.63, 3.8) is 0 Å². The lowest BCUT2D eigenvalue weighted by atomic mass is 9.89. The van der Waals surface area contributed by atoms with Gasteiger partial charge in [0.2, 0.25) is 0 Å². The highest BCUT2D eigenvalue weighted by atomic mass is 35.5. The molecule has 170 valence electrons. The van der Waals surface area contributed by atoms with Crippen molar-refractivity contribution in [2.45, 2.75) is 31.0 Å². The minimum Gasteiger partial charge on any atom is -0.488 e. The number of carbonyl (C=O) groups is 1. The van der Waals surface area contributed by atoms with Crippen LogP contribution in [0.3, 0.4) is 0 Å². The number of piperidine rings is 1. The maximum absolute atomic E-state index is 13.4. The zero-order valence-corrected chi connectivity index (χ0v) is 18.5. The number of rotatable bonds is 4. The van der Waals surface area contributed by atoms with E-state index in [1.165, 1.54) is 18.5 Å². The fourth-order valence-electron chi connectivity index (χ4n) is 4.52. The van der Waals surface area contributed by atoms with Gasteiger partial charge in [-0.15, -0.1) is 0 Å². The van der Waals surface area contributed by atoms with E-state index in [9.17, 15) is 9.18 Å². The molecule has 7 nitrogen and oxygen atoms in total. The van der Waals surface area contributed by atoms with Gasteiger partial charge in [0.15, 0.2) is 0 Å². The summed E-state index contributed by atoms with van der Waals surface area (Å²) in [5, 5.41) is 0.0217. The third-order valence-corrected chi connectivity index (χ3v) is 6.36. The highest BCUT2D eigenvalue weighted by molar-refractivity contribution is 6.30. The zero-order valence-electron chi connectivity index (χ0n) is 17.8. The standard InChI is InChI=1S/C24H22ClFN4O3/c25-21-7-19(2-3-22(21)26)33-20-8-24(32-13-20)4-1-5-30(14-24)23(31)17-6-16(9-27-10-17)18-11-28-15-29-12-18/h2-3,6-7,9-12,15,20H,1,4-5,8,13-14H2/t20-,24+/m1/s1. The molecule has 9 heteroatoms. The van der Waals surface area contributed by atoms with Crippen LogP contribution in [-0.2, 0) is 4.74 Å². The summed E-state index contributed by atoms with van der Waals surface area (Å²) in [7, 11) is 0. The van der Waals surface area contributed by atoms with Gasteiger partial charge in [0.25, 0.3) is 5.91 Å². The maximum atomic E-state index is 13.4. The third-order valence-electron chi connectivity index (χ3n) is 6.07. The normalized spacial score (nSPS) is 22.5. The molecule has 2 aromatic heterocycles. The van der Waals surface area contributed by atoms with Crippen molar-refractivity contribution in [2.75, 3.05) is 19.7 Å². The second-order valence-electron chi connectivity index (χ2n) is 8.43. The molecule has 0 saturated carbocycles. The van der Waals surface area contributed by atoms with Gasteiger partial charge in [0.05, 0.1) is 29.3 Å². The lowest BCUT2D eigenvalue weighted by Crippen LogP contribution is -2.50. The van der Waals surface area contributed by atoms with E-state index in [0.717, 1.165) is 24.0 Å². The molecule has 5 rings (SSSR count). The summed E-state index contributed by atoms with van der Waals surface area (Å²) in [6.45, 7) is 1.54. The van der Waals surface area contributed by atoms with Crippen LogP contribution >= 0.6 is 11.6 Å². The predicted octanol–water partition coefficient (Wildman–Crippen LogP) is 4.17. The molecule has 33 heavy (non-hydrogen) atoms. The van der Waals surface area contributed by atoms with Gasteiger partial charge in [-0.3, -0.25) is 9.78 Å². The van der Waals surface area contributed by atoms with Crippen LogP contribution < -0.4 is 4.74 Å². The average molecular weight is 469 g/mol. The number of ether oxygens (including phenoxy) is 2. The number of nitrogens with zero attached hydrogens (tertiary/aromatic N) is 4. The minimum absolute atomic E-state index is 0.0217. The fourth-order valence-corrected chi connectivity index (χ4v) is 4.69. The second-order valence-corrected chi connectivity index (χ2v) is 8.84. The minimum atomic E-state index is -0.483. The van der Waals surface area contributed by atoms with Gasteiger partial charge in [0, 0.05) is 54.9 Å². The molecule has 2 aliphatic rings. The predicted molar refractivity (Wildman–Crippen MR) is 120 cm³/mol. The Balaban J connectivity index is 1.27. The molecule has 0 aliphatic carbocycles. The molecule has 0 radical (unpaired) electrons. The number of halogens is 2. The molecular weight excluding hydrogens is 447 g/mol. The van der Waals surface area contributed by atoms with E-state index in [1.807, 2.05) is 11.0 Å². The number of hydrogen-bond acceptors (Lipinski definition) is 6. The van der Waals surface area contributed by atoms with E-state index in [-0.39, 0.29) is 17.0 Å². The van der Waals surface area contributed by atoms with Crippen molar-refractivity contribution >= 4 is 17.5 Å². The lowest BCUT2D eigenvalue weighted by molar-refractivity contribution is -0.0453. The molecule has 1 aromatic carbocycles. The Kier molecular flexibility index (Phi) is 5.95. The molecule has 1 amide bonds. The lowest BCUT2D eigenvalue weighted by Gasteiger charge is -2.39. The number of benzene rings is 1. The van der Waals surface area contributed by atoms with Crippen LogP contribution in [0, 0.1) is 5.82 Å². The molecule has 2 fully saturated rings. The number of carbonyl (C=O) groups excluding carboxylic acids is 1. The van der Waals surface area contributed by atoms with Crippen molar-refractivity contribution in [1.29, 1.82) is 0 Å². The summed E-state index contributed by atoms with van der Waals surface area (Å²) in [4.78, 5) is 27.4. The van der Waals surface area contributed by atoms with Crippen LogP contribution in [0.25, 0.3) is 11.1 Å². The first-order valence-corrected chi connectivity index (χ1v) is 11.1. The maximum Gasteiger partial charge on any atom is 0.255 e. The van der Waals surface area contributed by atoms with Gasteiger partial charge in [0.1, 0.15) is 24.0 Å². The van der Waals surface area contributed by atoms with Crippen LogP contribution in [0.2, 0.25) is 5.02 Å². The van der Waals surface area contributed by atoms with Crippen LogP contribution in [0.4, 0.5) is 4.39 Å². The SMILES string of the molecule is O=C(c1cncc(-c2cncnc2)c1)N1CCC[C@]2(C[C@@H](Oc3ccc(F)c(Cl)c3)CO2)C1. The molecule has 3 aromatic rings. The van der Waals surface area contributed by atoms with Crippen molar-refractivity contribution < 1.29 is 18.7 Å². The van der Waals surface area contributed by atoms with Crippen LogP contribution in [0.1, 0.15) is 29.6 Å². The number of likely N-dealkylation sites (tertiary alicyclic amines) is 1. The largest absolute Gasteiger partial charge is 0.488 e. The molecule has 2 aliphatic heterocycles. The topological polar surface area (TPSA) is 77.4 Å². The Bertz CT molecular complexity index is 1170. The van der Waals surface area contributed by atoms with Crippen molar-refractivity contribution in [3.8, 4) is 16.9 Å². The summed E-state index contributed by atoms with van der Waals surface area (Å²) < 4.78 is 25.6. The highest BCUT2D eigenvalue weighted by Crippen LogP contribution is 2.37. The van der Waals surface area contributed by atoms with Crippen molar-refractivity contribution in [1.82, 2.24) is 19.9 Å². The number of pyridine rings is 1. The van der Waals surface area contributed by atoms with Gasteiger partial charge < -0.3 is 14.4 Å². The van der Waals surface area contributed by atoms with E-state index in [0.29, 0.717) is 37.4 Å². The summed E-state index contributed by atoms with van der Waals surface area (Å²) in [5.74, 6) is -0.0647. The van der Waals surface area contributed by atoms with E-state index in [4.69, 9.17) is 21.1 Å². The molecule has 4 heterocycles. The zero-order chi connectivity index (χ0) is 22.8.